The normalized spacial score (nSPS) is 14.3. The fourth-order valence-electron chi connectivity index (χ4n) is 4.51. The van der Waals surface area contributed by atoms with Crippen molar-refractivity contribution in [1.82, 2.24) is 29.7 Å². The Kier molecular flexibility index (Phi) is 7.90. The molecule has 198 valence electrons. The van der Waals surface area contributed by atoms with E-state index < -0.39 is 0 Å². The molecule has 4 aromatic rings. The average molecular weight is 517 g/mol. The molecule has 0 radical (unpaired) electrons. The number of ether oxygens (including phenoxy) is 2. The molecule has 1 amide bonds. The van der Waals surface area contributed by atoms with Gasteiger partial charge in [0.1, 0.15) is 18.0 Å². The first kappa shape index (κ1) is 25.7. The lowest BCUT2D eigenvalue weighted by atomic mass is 10.2. The van der Waals surface area contributed by atoms with Crippen LogP contribution >= 0.6 is 0 Å². The first-order valence-electron chi connectivity index (χ1n) is 13.0. The van der Waals surface area contributed by atoms with Crippen LogP contribution in [0.25, 0.3) is 33.5 Å². The molecule has 0 unspecified atom stereocenters. The highest BCUT2D eigenvalue weighted by Gasteiger charge is 2.19. The molecule has 1 aliphatic heterocycles. The SMILES string of the molecule is CC(C)NC(=O)Cn1c(-c2ccc3ccccc3n2)nc2ncc(OCCCN3CCOCC3)cc2c1=O. The molecule has 4 heterocycles. The third kappa shape index (κ3) is 5.98. The van der Waals surface area contributed by atoms with Crippen LogP contribution in [0.2, 0.25) is 0 Å². The van der Waals surface area contributed by atoms with Crippen molar-refractivity contribution in [2.45, 2.75) is 32.9 Å². The minimum atomic E-state index is -0.370. The summed E-state index contributed by atoms with van der Waals surface area (Å²) >= 11 is 0. The minimum absolute atomic E-state index is 0.0620. The topological polar surface area (TPSA) is 111 Å². The number of rotatable bonds is 9. The fraction of sp³-hybridized carbons (Fsp3) is 0.393. The first-order valence-corrected chi connectivity index (χ1v) is 13.0. The lowest BCUT2D eigenvalue weighted by molar-refractivity contribution is -0.122. The van der Waals surface area contributed by atoms with E-state index in [1.807, 2.05) is 44.2 Å². The van der Waals surface area contributed by atoms with Crippen molar-refractivity contribution in [3.05, 3.63) is 59.0 Å². The number of nitrogens with zero attached hydrogens (tertiary/aromatic N) is 5. The molecule has 0 bridgehead atoms. The largest absolute Gasteiger partial charge is 0.492 e. The number of para-hydroxylation sites is 1. The summed E-state index contributed by atoms with van der Waals surface area (Å²) in [5.74, 6) is 0.501. The summed E-state index contributed by atoms with van der Waals surface area (Å²) in [6.45, 7) is 8.38. The molecule has 10 heteroatoms. The predicted molar refractivity (Wildman–Crippen MR) is 145 cm³/mol. The van der Waals surface area contributed by atoms with Crippen LogP contribution in [0, 0.1) is 0 Å². The van der Waals surface area contributed by atoms with E-state index in [-0.39, 0.29) is 35.1 Å². The van der Waals surface area contributed by atoms with Gasteiger partial charge in [0.25, 0.3) is 5.56 Å². The molecular weight excluding hydrogens is 484 g/mol. The van der Waals surface area contributed by atoms with Gasteiger partial charge in [0.05, 0.1) is 36.9 Å². The molecule has 1 N–H and O–H groups in total. The maximum atomic E-state index is 13.7. The number of carbonyl (C=O) groups is 1. The van der Waals surface area contributed by atoms with E-state index in [0.717, 1.165) is 50.2 Å². The number of pyridine rings is 2. The van der Waals surface area contributed by atoms with Crippen LogP contribution in [0.1, 0.15) is 20.3 Å². The van der Waals surface area contributed by atoms with Crippen molar-refractivity contribution < 1.29 is 14.3 Å². The van der Waals surface area contributed by atoms with Gasteiger partial charge in [-0.05, 0) is 38.5 Å². The Hall–Kier alpha value is -3.89. The molecule has 1 aliphatic rings. The van der Waals surface area contributed by atoms with Gasteiger partial charge in [-0.15, -0.1) is 0 Å². The Morgan fingerprint density at radius 2 is 1.95 bits per heavy atom. The van der Waals surface area contributed by atoms with Gasteiger partial charge < -0.3 is 14.8 Å². The van der Waals surface area contributed by atoms with Gasteiger partial charge >= 0.3 is 0 Å². The molecule has 0 spiro atoms. The van der Waals surface area contributed by atoms with Gasteiger partial charge in [0.15, 0.2) is 11.5 Å². The molecule has 5 rings (SSSR count). The average Bonchev–Trinajstić information content (AvgIpc) is 2.92. The van der Waals surface area contributed by atoms with Crippen LogP contribution in [-0.2, 0) is 16.1 Å². The summed E-state index contributed by atoms with van der Waals surface area (Å²) in [5, 5.41) is 4.11. The van der Waals surface area contributed by atoms with Gasteiger partial charge in [-0.1, -0.05) is 24.3 Å². The van der Waals surface area contributed by atoms with Gasteiger partial charge in [0, 0.05) is 31.1 Å². The molecule has 0 saturated carbocycles. The van der Waals surface area contributed by atoms with Gasteiger partial charge in [-0.2, -0.15) is 0 Å². The van der Waals surface area contributed by atoms with Crippen molar-refractivity contribution in [2.75, 3.05) is 39.5 Å². The van der Waals surface area contributed by atoms with E-state index in [0.29, 0.717) is 23.9 Å². The van der Waals surface area contributed by atoms with Crippen LogP contribution in [0.15, 0.2) is 53.5 Å². The summed E-state index contributed by atoms with van der Waals surface area (Å²) in [6, 6.07) is 13.0. The third-order valence-corrected chi connectivity index (χ3v) is 6.35. The summed E-state index contributed by atoms with van der Waals surface area (Å²) in [5.41, 5.74) is 1.17. The van der Waals surface area contributed by atoms with Crippen molar-refractivity contribution in [1.29, 1.82) is 0 Å². The zero-order valence-electron chi connectivity index (χ0n) is 21.7. The molecule has 0 aliphatic carbocycles. The smallest absolute Gasteiger partial charge is 0.263 e. The Balaban J connectivity index is 1.45. The zero-order valence-corrected chi connectivity index (χ0v) is 21.7. The molecule has 3 aromatic heterocycles. The van der Waals surface area contributed by atoms with Gasteiger partial charge in [-0.25, -0.2) is 15.0 Å². The number of hydrogen-bond acceptors (Lipinski definition) is 8. The maximum Gasteiger partial charge on any atom is 0.263 e. The van der Waals surface area contributed by atoms with Crippen LogP contribution < -0.4 is 15.6 Å². The molecular formula is C28H32N6O4. The summed E-state index contributed by atoms with van der Waals surface area (Å²) in [6.07, 6.45) is 2.43. The molecule has 1 aromatic carbocycles. The second-order valence-corrected chi connectivity index (χ2v) is 9.64. The molecule has 10 nitrogen and oxygen atoms in total. The van der Waals surface area contributed by atoms with Crippen LogP contribution in [0.4, 0.5) is 0 Å². The second kappa shape index (κ2) is 11.7. The highest BCUT2D eigenvalue weighted by atomic mass is 16.5. The Bertz CT molecular complexity index is 1500. The van der Waals surface area contributed by atoms with Crippen LogP contribution in [0.3, 0.4) is 0 Å². The quantitative estimate of drug-likeness (QED) is 0.338. The fourth-order valence-corrected chi connectivity index (χ4v) is 4.51. The standard InChI is InChI=1S/C28H32N6O4/c1-19(2)30-25(35)18-34-27(24-9-8-20-6-3-4-7-23(20)31-24)32-26-22(28(34)36)16-21(17-29-26)38-13-5-10-33-11-14-37-15-12-33/h3-4,6-9,16-17,19H,5,10-15,18H2,1-2H3,(H,30,35). The number of fused-ring (bicyclic) bond motifs is 2. The monoisotopic (exact) mass is 516 g/mol. The number of carbonyl (C=O) groups excluding carboxylic acids is 1. The lowest BCUT2D eigenvalue weighted by Crippen LogP contribution is -2.37. The van der Waals surface area contributed by atoms with E-state index >= 15 is 0 Å². The summed E-state index contributed by atoms with van der Waals surface area (Å²) in [7, 11) is 0. The number of amides is 1. The highest BCUT2D eigenvalue weighted by Crippen LogP contribution is 2.22. The molecule has 0 atom stereocenters. The lowest BCUT2D eigenvalue weighted by Gasteiger charge is -2.26. The first-order chi connectivity index (χ1) is 18.5. The number of morpholine rings is 1. The van der Waals surface area contributed by atoms with E-state index in [4.69, 9.17) is 14.5 Å². The van der Waals surface area contributed by atoms with Crippen LogP contribution in [-0.4, -0.2) is 75.8 Å². The van der Waals surface area contributed by atoms with Crippen molar-refractivity contribution in [3.63, 3.8) is 0 Å². The third-order valence-electron chi connectivity index (χ3n) is 6.35. The van der Waals surface area contributed by atoms with Crippen molar-refractivity contribution >= 4 is 27.8 Å². The number of hydrogen-bond donors (Lipinski definition) is 1. The second-order valence-electron chi connectivity index (χ2n) is 9.64. The number of aromatic nitrogens is 4. The molecule has 1 fully saturated rings. The van der Waals surface area contributed by atoms with Crippen LogP contribution in [0.5, 0.6) is 5.75 Å². The number of nitrogens with one attached hydrogen (secondary N) is 1. The summed E-state index contributed by atoms with van der Waals surface area (Å²) in [4.78, 5) is 42.6. The van der Waals surface area contributed by atoms with Crippen molar-refractivity contribution in [2.24, 2.45) is 0 Å². The van der Waals surface area contributed by atoms with E-state index in [1.54, 1.807) is 18.3 Å². The van der Waals surface area contributed by atoms with E-state index in [2.05, 4.69) is 20.2 Å². The number of benzene rings is 1. The van der Waals surface area contributed by atoms with E-state index in [1.165, 1.54) is 4.57 Å². The Morgan fingerprint density at radius 3 is 2.76 bits per heavy atom. The Morgan fingerprint density at radius 1 is 1.13 bits per heavy atom. The van der Waals surface area contributed by atoms with E-state index in [9.17, 15) is 9.59 Å². The minimum Gasteiger partial charge on any atom is -0.492 e. The van der Waals surface area contributed by atoms with Gasteiger partial charge in [0.2, 0.25) is 5.91 Å². The van der Waals surface area contributed by atoms with Crippen molar-refractivity contribution in [3.8, 4) is 17.3 Å². The molecule has 38 heavy (non-hydrogen) atoms. The maximum absolute atomic E-state index is 13.7. The highest BCUT2D eigenvalue weighted by molar-refractivity contribution is 5.83. The Labute approximate surface area is 220 Å². The zero-order chi connectivity index (χ0) is 26.5. The predicted octanol–water partition coefficient (Wildman–Crippen LogP) is 2.63. The molecule has 1 saturated heterocycles. The summed E-state index contributed by atoms with van der Waals surface area (Å²) < 4.78 is 12.7. The van der Waals surface area contributed by atoms with Gasteiger partial charge in [-0.3, -0.25) is 19.1 Å².